The number of hydrogen-bond acceptors (Lipinski definition) is 2. The quantitative estimate of drug-likeness (QED) is 0.407. The maximum absolute atomic E-state index is 13.5. The third-order valence-electron chi connectivity index (χ3n) is 1.64. The Morgan fingerprint density at radius 2 is 1.94 bits per heavy atom. The monoisotopic (exact) mass is 352 g/mol. The van der Waals surface area contributed by atoms with Gasteiger partial charge in [0.25, 0.3) is 0 Å². The number of ether oxygens (including phenoxy) is 1. The van der Waals surface area contributed by atoms with Gasteiger partial charge in [0.2, 0.25) is 0 Å². The van der Waals surface area contributed by atoms with E-state index in [-0.39, 0.29) is 5.57 Å². The highest BCUT2D eigenvalue weighted by Crippen LogP contribution is 2.25. The lowest BCUT2D eigenvalue weighted by molar-refractivity contribution is -0.149. The second-order valence-corrected chi connectivity index (χ2v) is 5.54. The first-order chi connectivity index (χ1) is 7.69. The van der Waals surface area contributed by atoms with Gasteiger partial charge < -0.3 is 4.74 Å². The molecule has 0 fully saturated rings. The van der Waals surface area contributed by atoms with Crippen LogP contribution >= 0.6 is 22.6 Å². The molecule has 0 aliphatic heterocycles. The van der Waals surface area contributed by atoms with Crippen LogP contribution in [0, 0.1) is 0 Å². The van der Waals surface area contributed by atoms with Crippen molar-refractivity contribution in [1.82, 2.24) is 0 Å². The van der Waals surface area contributed by atoms with E-state index in [1.165, 1.54) is 6.08 Å². The van der Waals surface area contributed by atoms with E-state index in [4.69, 9.17) is 4.74 Å². The Morgan fingerprint density at radius 1 is 1.35 bits per heavy atom. The normalized spacial score (nSPS) is 16.4. The molecular weight excluding hydrogens is 341 g/mol. The molecule has 5 heteroatoms. The predicted octanol–water partition coefficient (Wildman–Crippen LogP) is 3.89. The maximum Gasteiger partial charge on any atom is 0.341 e. The summed E-state index contributed by atoms with van der Waals surface area (Å²) < 4.78 is 31.8. The smallest absolute Gasteiger partial charge is 0.341 e. The van der Waals surface area contributed by atoms with Crippen molar-refractivity contribution in [3.8, 4) is 0 Å². The van der Waals surface area contributed by atoms with Gasteiger partial charge in [0.05, 0.1) is 9.15 Å². The number of rotatable bonds is 1. The highest BCUT2D eigenvalue weighted by atomic mass is 127. The third-order valence-corrected chi connectivity index (χ3v) is 2.22. The van der Waals surface area contributed by atoms with Crippen LogP contribution in [0.15, 0.2) is 38.7 Å². The Hall–Kier alpha value is -0.940. The van der Waals surface area contributed by atoms with E-state index in [1.54, 1.807) is 43.4 Å². The van der Waals surface area contributed by atoms with Crippen molar-refractivity contribution in [1.29, 1.82) is 0 Å². The molecule has 0 amide bonds. The lowest BCUT2D eigenvalue weighted by Gasteiger charge is -2.20. The molecule has 0 N–H and O–H groups in total. The second kappa shape index (κ2) is 5.14. The molecule has 2 nitrogen and oxygen atoms in total. The van der Waals surface area contributed by atoms with Crippen LogP contribution in [0.5, 0.6) is 0 Å². The summed E-state index contributed by atoms with van der Waals surface area (Å²) in [4.78, 5) is 11.7. The van der Waals surface area contributed by atoms with E-state index in [0.29, 0.717) is 9.66 Å². The Kier molecular flexibility index (Phi) is 4.27. The molecule has 0 atom stereocenters. The van der Waals surface area contributed by atoms with Crippen molar-refractivity contribution >= 4 is 28.6 Å². The van der Waals surface area contributed by atoms with Gasteiger partial charge in [-0.05, 0) is 49.4 Å². The minimum Gasteiger partial charge on any atom is -0.456 e. The Balaban J connectivity index is 3.05. The summed E-state index contributed by atoms with van der Waals surface area (Å²) in [6, 6.07) is 0. The van der Waals surface area contributed by atoms with E-state index in [1.807, 2.05) is 0 Å². The average Bonchev–Trinajstić information content (AvgIpc) is 2.21. The van der Waals surface area contributed by atoms with Crippen molar-refractivity contribution < 1.29 is 18.3 Å². The first kappa shape index (κ1) is 14.1. The lowest BCUT2D eigenvalue weighted by atomic mass is 10.1. The Bertz CT molecular complexity index is 475. The van der Waals surface area contributed by atoms with Crippen LogP contribution < -0.4 is 0 Å². The van der Waals surface area contributed by atoms with Crippen molar-refractivity contribution in [3.63, 3.8) is 0 Å². The van der Waals surface area contributed by atoms with Gasteiger partial charge >= 0.3 is 5.97 Å². The van der Waals surface area contributed by atoms with Gasteiger partial charge in [-0.25, -0.2) is 9.18 Å². The van der Waals surface area contributed by atoms with E-state index < -0.39 is 23.2 Å². The summed E-state index contributed by atoms with van der Waals surface area (Å²) in [5, 5.41) is 0. The minimum absolute atomic E-state index is 0.296. The van der Waals surface area contributed by atoms with Gasteiger partial charge in [-0.2, -0.15) is 4.39 Å². The molecule has 0 saturated heterocycles. The highest BCUT2D eigenvalue weighted by Gasteiger charge is 2.24. The number of carbonyl (C=O) groups excluding carboxylic acids is 1. The largest absolute Gasteiger partial charge is 0.456 e. The van der Waals surface area contributed by atoms with E-state index in [2.05, 4.69) is 5.73 Å². The molecule has 1 aliphatic carbocycles. The molecule has 0 saturated carbocycles. The lowest BCUT2D eigenvalue weighted by Crippen LogP contribution is -2.25. The second-order valence-electron chi connectivity index (χ2n) is 4.37. The van der Waals surface area contributed by atoms with E-state index in [9.17, 15) is 13.6 Å². The predicted molar refractivity (Wildman–Crippen MR) is 68.8 cm³/mol. The minimum atomic E-state index is -0.962. The zero-order valence-corrected chi connectivity index (χ0v) is 11.8. The van der Waals surface area contributed by atoms with Gasteiger partial charge in [-0.15, -0.1) is 0 Å². The van der Waals surface area contributed by atoms with Gasteiger partial charge in [0, 0.05) is 6.08 Å². The molecule has 0 aromatic rings. The number of esters is 1. The molecule has 1 aliphatic rings. The van der Waals surface area contributed by atoms with Gasteiger partial charge in [-0.3, -0.25) is 0 Å². The molecule has 1 rings (SSSR count). The first-order valence-corrected chi connectivity index (χ1v) is 5.91. The topological polar surface area (TPSA) is 26.3 Å². The van der Waals surface area contributed by atoms with Crippen molar-refractivity contribution in [2.45, 2.75) is 26.4 Å². The molecular formula is C12H11F2IO2. The molecule has 0 bridgehead atoms. The van der Waals surface area contributed by atoms with Crippen LogP contribution in [-0.2, 0) is 9.53 Å². The fourth-order valence-corrected chi connectivity index (χ4v) is 1.63. The Labute approximate surface area is 112 Å². The number of hydrogen-bond donors (Lipinski definition) is 0. The van der Waals surface area contributed by atoms with Crippen LogP contribution in [-0.4, -0.2) is 11.6 Å². The first-order valence-electron chi connectivity index (χ1n) is 4.83. The van der Waals surface area contributed by atoms with Gasteiger partial charge in [-0.1, -0.05) is 5.73 Å². The summed E-state index contributed by atoms with van der Waals surface area (Å²) in [5.74, 6) is -2.64. The standard InChI is InChI=1S/C12H11F2IO2/c1-12(2,3)17-11(16)9-6-8(15)4-7(13)5-10(9)14/h5-6H,1-3H3. The van der Waals surface area contributed by atoms with Crippen molar-refractivity contribution in [2.75, 3.05) is 0 Å². The summed E-state index contributed by atoms with van der Waals surface area (Å²) in [6.07, 6.45) is 1.81. The molecule has 92 valence electrons. The molecule has 0 aromatic heterocycles. The van der Waals surface area contributed by atoms with Gasteiger partial charge in [0.15, 0.2) is 5.83 Å². The van der Waals surface area contributed by atoms with Crippen molar-refractivity contribution in [3.05, 3.63) is 38.7 Å². The van der Waals surface area contributed by atoms with Gasteiger partial charge in [0.1, 0.15) is 11.4 Å². The van der Waals surface area contributed by atoms with E-state index >= 15 is 0 Å². The van der Waals surface area contributed by atoms with Crippen LogP contribution in [0.3, 0.4) is 0 Å². The summed E-state index contributed by atoms with van der Waals surface area (Å²) in [5.41, 5.74) is 1.24. The van der Waals surface area contributed by atoms with Crippen LogP contribution in [0.25, 0.3) is 0 Å². The molecule has 0 spiro atoms. The van der Waals surface area contributed by atoms with Crippen LogP contribution in [0.4, 0.5) is 8.78 Å². The zero-order valence-electron chi connectivity index (χ0n) is 9.61. The number of allylic oxidation sites excluding steroid dienone is 3. The van der Waals surface area contributed by atoms with E-state index in [0.717, 1.165) is 0 Å². The van der Waals surface area contributed by atoms with Crippen LogP contribution in [0.1, 0.15) is 20.8 Å². The highest BCUT2D eigenvalue weighted by molar-refractivity contribution is 14.1. The fourth-order valence-electron chi connectivity index (χ4n) is 1.06. The molecule has 0 heterocycles. The molecule has 0 aromatic carbocycles. The summed E-state index contributed by atoms with van der Waals surface area (Å²) in [6.45, 7) is 5.01. The number of carbonyl (C=O) groups is 1. The summed E-state index contributed by atoms with van der Waals surface area (Å²) >= 11 is 1.75. The fraction of sp³-hybridized carbons (Fsp3) is 0.333. The SMILES string of the molecule is CC(C)(C)OC(=O)C1=CC(I)=C=C(F)C=C1F. The average molecular weight is 352 g/mol. The maximum atomic E-state index is 13.5. The van der Waals surface area contributed by atoms with Crippen LogP contribution in [0.2, 0.25) is 0 Å². The Morgan fingerprint density at radius 3 is 2.47 bits per heavy atom. The van der Waals surface area contributed by atoms with Crippen molar-refractivity contribution in [2.24, 2.45) is 0 Å². The third kappa shape index (κ3) is 4.44. The molecule has 0 radical (unpaired) electrons. The summed E-state index contributed by atoms with van der Waals surface area (Å²) in [7, 11) is 0. The molecule has 0 unspecified atom stereocenters. The molecule has 17 heavy (non-hydrogen) atoms. The number of halogens is 3. The zero-order chi connectivity index (χ0) is 13.2.